The number of nitro groups is 1. The Morgan fingerprint density at radius 1 is 1.38 bits per heavy atom. The Balaban J connectivity index is 2.76. The average molecular weight is 294 g/mol. The highest BCUT2D eigenvalue weighted by Crippen LogP contribution is 2.20. The number of hydrogen-bond acceptors (Lipinski definition) is 5. The first-order valence-corrected chi connectivity index (χ1v) is 6.58. The van der Waals surface area contributed by atoms with Gasteiger partial charge >= 0.3 is 5.97 Å². The smallest absolute Gasteiger partial charge is 0.328 e. The van der Waals surface area contributed by atoms with Crippen LogP contribution in [0, 0.1) is 10.1 Å². The van der Waals surface area contributed by atoms with Crippen LogP contribution in [0.4, 0.5) is 5.69 Å². The number of carbonyl (C=O) groups is 2. The van der Waals surface area contributed by atoms with E-state index in [1.807, 2.05) is 0 Å². The molecule has 1 aromatic rings. The number of esters is 1. The molecule has 0 fully saturated rings. The minimum Gasteiger partial charge on any atom is -0.464 e. The van der Waals surface area contributed by atoms with Crippen molar-refractivity contribution in [3.05, 3.63) is 39.9 Å². The Morgan fingerprint density at radius 3 is 2.62 bits per heavy atom. The molecule has 0 spiro atoms. The zero-order valence-electron chi connectivity index (χ0n) is 12.2. The summed E-state index contributed by atoms with van der Waals surface area (Å²) in [6, 6.07) is 5.09. The van der Waals surface area contributed by atoms with Gasteiger partial charge in [-0.2, -0.15) is 0 Å². The minimum absolute atomic E-state index is 0.0782. The average Bonchev–Trinajstić information content (AvgIpc) is 2.46. The number of ether oxygens (including phenoxy) is 1. The lowest BCUT2D eigenvalue weighted by molar-refractivity contribution is -0.384. The highest BCUT2D eigenvalue weighted by Gasteiger charge is 2.22. The monoisotopic (exact) mass is 294 g/mol. The molecule has 2 unspecified atom stereocenters. The van der Waals surface area contributed by atoms with Gasteiger partial charge in [0.05, 0.1) is 17.4 Å². The molecule has 0 saturated heterocycles. The van der Waals surface area contributed by atoms with E-state index in [0.29, 0.717) is 5.56 Å². The van der Waals surface area contributed by atoms with Gasteiger partial charge in [-0.3, -0.25) is 14.9 Å². The van der Waals surface area contributed by atoms with E-state index in [1.54, 1.807) is 19.9 Å². The first-order valence-electron chi connectivity index (χ1n) is 6.58. The lowest BCUT2D eigenvalue weighted by Crippen LogP contribution is -2.41. The quantitative estimate of drug-likeness (QED) is 0.489. The predicted molar refractivity (Wildman–Crippen MR) is 75.7 cm³/mol. The van der Waals surface area contributed by atoms with Crippen LogP contribution in [0.15, 0.2) is 24.3 Å². The third-order valence-corrected chi connectivity index (χ3v) is 2.97. The lowest BCUT2D eigenvalue weighted by atomic mass is 9.99. The normalized spacial score (nSPS) is 13.1. The molecule has 7 nitrogen and oxygen atoms in total. The Labute approximate surface area is 122 Å². The van der Waals surface area contributed by atoms with Crippen molar-refractivity contribution >= 4 is 17.6 Å². The summed E-state index contributed by atoms with van der Waals surface area (Å²) < 4.78 is 4.80. The summed E-state index contributed by atoms with van der Waals surface area (Å²) in [5.74, 6) is -1.52. The van der Waals surface area contributed by atoms with E-state index >= 15 is 0 Å². The molecule has 114 valence electrons. The maximum Gasteiger partial charge on any atom is 0.328 e. The predicted octanol–water partition coefficient (Wildman–Crippen LogP) is 1.77. The van der Waals surface area contributed by atoms with Crippen LogP contribution in [0.2, 0.25) is 0 Å². The van der Waals surface area contributed by atoms with E-state index in [9.17, 15) is 19.7 Å². The molecule has 0 bridgehead atoms. The highest BCUT2D eigenvalue weighted by molar-refractivity contribution is 5.88. The molecule has 0 aliphatic carbocycles. The fourth-order valence-corrected chi connectivity index (χ4v) is 1.72. The van der Waals surface area contributed by atoms with Crippen molar-refractivity contribution in [2.24, 2.45) is 0 Å². The molecule has 21 heavy (non-hydrogen) atoms. The number of nitrogens with zero attached hydrogens (tertiary/aromatic N) is 1. The molecular formula is C14H18N2O5. The number of carbonyl (C=O) groups excluding carboxylic acids is 2. The van der Waals surface area contributed by atoms with Gasteiger partial charge in [0.15, 0.2) is 0 Å². The van der Waals surface area contributed by atoms with Gasteiger partial charge in [-0.15, -0.1) is 0 Å². The van der Waals surface area contributed by atoms with Crippen LogP contribution in [-0.2, 0) is 14.3 Å². The van der Waals surface area contributed by atoms with Crippen LogP contribution in [-0.4, -0.2) is 29.4 Å². The summed E-state index contributed by atoms with van der Waals surface area (Å²) in [6.07, 6.45) is 0. The van der Waals surface area contributed by atoms with Gasteiger partial charge in [-0.05, 0) is 26.3 Å². The topological polar surface area (TPSA) is 98.5 Å². The minimum atomic E-state index is -0.765. The summed E-state index contributed by atoms with van der Waals surface area (Å²) in [4.78, 5) is 33.7. The second-order valence-electron chi connectivity index (χ2n) is 4.56. The molecule has 0 aliphatic rings. The molecule has 0 heterocycles. The summed E-state index contributed by atoms with van der Waals surface area (Å²) in [7, 11) is 0. The van der Waals surface area contributed by atoms with E-state index in [0.717, 1.165) is 0 Å². The molecule has 0 radical (unpaired) electrons. The van der Waals surface area contributed by atoms with E-state index in [-0.39, 0.29) is 12.3 Å². The molecule has 1 amide bonds. The van der Waals surface area contributed by atoms with Crippen LogP contribution in [0.1, 0.15) is 32.3 Å². The van der Waals surface area contributed by atoms with Crippen molar-refractivity contribution < 1.29 is 19.2 Å². The van der Waals surface area contributed by atoms with Gasteiger partial charge < -0.3 is 10.1 Å². The third-order valence-electron chi connectivity index (χ3n) is 2.97. The van der Waals surface area contributed by atoms with Crippen LogP contribution in [0.3, 0.4) is 0 Å². The zero-order valence-corrected chi connectivity index (χ0v) is 12.2. The third kappa shape index (κ3) is 4.55. The molecule has 0 aromatic heterocycles. The molecule has 7 heteroatoms. The number of non-ortho nitro benzene ring substituents is 1. The molecule has 1 rings (SSSR count). The van der Waals surface area contributed by atoms with E-state index in [4.69, 9.17) is 4.74 Å². The Bertz CT molecular complexity index is 544. The molecule has 2 atom stereocenters. The Kier molecular flexibility index (Phi) is 5.83. The second-order valence-corrected chi connectivity index (χ2v) is 4.56. The number of rotatable bonds is 6. The summed E-state index contributed by atoms with van der Waals surface area (Å²) in [5, 5.41) is 13.3. The van der Waals surface area contributed by atoms with Crippen molar-refractivity contribution in [1.29, 1.82) is 0 Å². The fourth-order valence-electron chi connectivity index (χ4n) is 1.72. The van der Waals surface area contributed by atoms with Gasteiger partial charge in [-0.25, -0.2) is 4.79 Å². The van der Waals surface area contributed by atoms with Crippen LogP contribution >= 0.6 is 0 Å². The fraction of sp³-hybridized carbons (Fsp3) is 0.429. The molecule has 1 aromatic carbocycles. The summed E-state index contributed by atoms with van der Waals surface area (Å²) in [5.41, 5.74) is 0.434. The number of nitrogens with one attached hydrogen (secondary N) is 1. The highest BCUT2D eigenvalue weighted by atomic mass is 16.6. The number of benzene rings is 1. The molecule has 1 N–H and O–H groups in total. The number of hydrogen-bond donors (Lipinski definition) is 1. The van der Waals surface area contributed by atoms with Crippen LogP contribution < -0.4 is 5.32 Å². The second kappa shape index (κ2) is 7.37. The van der Waals surface area contributed by atoms with E-state index in [1.165, 1.54) is 25.1 Å². The number of amides is 1. The summed E-state index contributed by atoms with van der Waals surface area (Å²) >= 11 is 0. The van der Waals surface area contributed by atoms with Crippen LogP contribution in [0.5, 0.6) is 0 Å². The largest absolute Gasteiger partial charge is 0.464 e. The van der Waals surface area contributed by atoms with Crippen molar-refractivity contribution in [3.8, 4) is 0 Å². The molecular weight excluding hydrogens is 276 g/mol. The van der Waals surface area contributed by atoms with E-state index in [2.05, 4.69) is 5.32 Å². The lowest BCUT2D eigenvalue weighted by Gasteiger charge is -2.16. The van der Waals surface area contributed by atoms with Gasteiger partial charge in [0, 0.05) is 12.1 Å². The zero-order chi connectivity index (χ0) is 16.0. The first-order chi connectivity index (χ1) is 9.86. The Hall–Kier alpha value is -2.44. The van der Waals surface area contributed by atoms with Crippen molar-refractivity contribution in [1.82, 2.24) is 5.32 Å². The molecule has 0 saturated carbocycles. The van der Waals surface area contributed by atoms with Gasteiger partial charge in [0.1, 0.15) is 6.04 Å². The maximum atomic E-state index is 12.1. The number of nitro benzene ring substituents is 1. The van der Waals surface area contributed by atoms with Gasteiger partial charge in [0.2, 0.25) is 5.91 Å². The van der Waals surface area contributed by atoms with Crippen molar-refractivity contribution in [2.45, 2.75) is 32.7 Å². The first kappa shape index (κ1) is 16.6. The van der Waals surface area contributed by atoms with E-state index < -0.39 is 28.8 Å². The summed E-state index contributed by atoms with van der Waals surface area (Å²) in [6.45, 7) is 5.06. The van der Waals surface area contributed by atoms with Crippen molar-refractivity contribution in [2.75, 3.05) is 6.61 Å². The molecule has 0 aliphatic heterocycles. The van der Waals surface area contributed by atoms with Gasteiger partial charge in [-0.1, -0.05) is 12.1 Å². The SMILES string of the molecule is CCOC(=O)C(C)NC(=O)C(C)c1cccc([N+](=O)[O-])c1. The standard InChI is InChI=1S/C14H18N2O5/c1-4-21-14(18)10(3)15-13(17)9(2)11-6-5-7-12(8-11)16(19)20/h5-10H,4H2,1-3H3,(H,15,17). The maximum absolute atomic E-state index is 12.1. The van der Waals surface area contributed by atoms with Crippen LogP contribution in [0.25, 0.3) is 0 Å². The van der Waals surface area contributed by atoms with Crippen molar-refractivity contribution in [3.63, 3.8) is 0 Å². The van der Waals surface area contributed by atoms with Gasteiger partial charge in [0.25, 0.3) is 5.69 Å². The Morgan fingerprint density at radius 2 is 2.05 bits per heavy atom.